The van der Waals surface area contributed by atoms with Gasteiger partial charge in [0.2, 0.25) is 5.75 Å². The van der Waals surface area contributed by atoms with Gasteiger partial charge in [-0.1, -0.05) is 0 Å². The number of nitro benzene ring substituents is 1. The van der Waals surface area contributed by atoms with Gasteiger partial charge in [-0.3, -0.25) is 19.8 Å². The van der Waals surface area contributed by atoms with Crippen molar-refractivity contribution in [2.24, 2.45) is 5.73 Å². The third kappa shape index (κ3) is 2.23. The van der Waals surface area contributed by atoms with Gasteiger partial charge in [-0.05, 0) is 19.1 Å². The molecule has 11 heteroatoms. The molecule has 1 fully saturated rings. The summed E-state index contributed by atoms with van der Waals surface area (Å²) in [6, 6.07) is 2.16. The summed E-state index contributed by atoms with van der Waals surface area (Å²) in [5.41, 5.74) is 3.24. The number of benzene rings is 1. The number of phenolic OH excluding ortho intramolecular Hbond substituents is 2. The molecule has 3 rings (SSSR count). The fourth-order valence-corrected chi connectivity index (χ4v) is 4.36. The molecule has 0 radical (unpaired) electrons. The fourth-order valence-electron chi connectivity index (χ4n) is 2.95. The standard InChI is InChI=1S/C14H13N3O7S/c1-14(15)12(22)16-9(11(20)21)6(4-25-13(14)16)5-2-3-7(18)10(19)8(5)17(23)24/h2-3,13,18-19H,4,15H2,1H3,(H,20,21)/t13-,14?/m0/s1. The van der Waals surface area contributed by atoms with Crippen molar-refractivity contribution in [3.05, 3.63) is 33.5 Å². The van der Waals surface area contributed by atoms with Crippen LogP contribution < -0.4 is 5.73 Å². The van der Waals surface area contributed by atoms with Gasteiger partial charge in [0.1, 0.15) is 16.6 Å². The Balaban J connectivity index is 2.25. The van der Waals surface area contributed by atoms with Crippen molar-refractivity contribution in [2.45, 2.75) is 17.8 Å². The zero-order valence-electron chi connectivity index (χ0n) is 12.8. The van der Waals surface area contributed by atoms with Crippen LogP contribution in [0.2, 0.25) is 0 Å². The number of nitrogens with zero attached hydrogens (tertiary/aromatic N) is 2. The molecule has 2 atom stereocenters. The molecule has 10 nitrogen and oxygen atoms in total. The first kappa shape index (κ1) is 17.0. The number of β-lactam (4-membered cyclic amide) rings is 1. The highest BCUT2D eigenvalue weighted by atomic mass is 32.2. The van der Waals surface area contributed by atoms with Crippen molar-refractivity contribution in [2.75, 3.05) is 5.75 Å². The van der Waals surface area contributed by atoms with Gasteiger partial charge in [-0.25, -0.2) is 4.79 Å². The molecular weight excluding hydrogens is 354 g/mol. The van der Waals surface area contributed by atoms with E-state index >= 15 is 0 Å². The summed E-state index contributed by atoms with van der Waals surface area (Å²) in [4.78, 5) is 35.3. The minimum atomic E-state index is -1.44. The number of fused-ring (bicyclic) bond motifs is 1. The third-order valence-electron chi connectivity index (χ3n) is 4.18. The Morgan fingerprint density at radius 1 is 1.48 bits per heavy atom. The number of carbonyl (C=O) groups excluding carboxylic acids is 1. The Morgan fingerprint density at radius 2 is 2.12 bits per heavy atom. The van der Waals surface area contributed by atoms with Crippen molar-refractivity contribution in [3.63, 3.8) is 0 Å². The van der Waals surface area contributed by atoms with Crippen LogP contribution in [0.5, 0.6) is 11.5 Å². The summed E-state index contributed by atoms with van der Waals surface area (Å²) in [7, 11) is 0. The number of thioether (sulfide) groups is 1. The number of nitrogens with two attached hydrogens (primary N) is 1. The Kier molecular flexibility index (Phi) is 3.65. The normalized spacial score (nSPS) is 25.4. The summed E-state index contributed by atoms with van der Waals surface area (Å²) in [6.07, 6.45) is 0. The van der Waals surface area contributed by atoms with Crippen LogP contribution in [0.1, 0.15) is 12.5 Å². The molecule has 1 saturated heterocycles. The lowest BCUT2D eigenvalue weighted by atomic mass is 9.88. The van der Waals surface area contributed by atoms with E-state index in [9.17, 15) is 35.0 Å². The molecule has 0 saturated carbocycles. The highest BCUT2D eigenvalue weighted by Crippen LogP contribution is 2.49. The fraction of sp³-hybridized carbons (Fsp3) is 0.286. The quantitative estimate of drug-likeness (QED) is 0.256. The van der Waals surface area contributed by atoms with E-state index in [0.717, 1.165) is 17.0 Å². The molecule has 132 valence electrons. The predicted octanol–water partition coefficient (Wildman–Crippen LogP) is 0.434. The van der Waals surface area contributed by atoms with Crippen LogP contribution >= 0.6 is 11.8 Å². The van der Waals surface area contributed by atoms with Crippen molar-refractivity contribution >= 4 is 34.9 Å². The van der Waals surface area contributed by atoms with E-state index in [4.69, 9.17) is 5.73 Å². The maximum absolute atomic E-state index is 12.2. The first-order valence-corrected chi connectivity index (χ1v) is 8.04. The summed E-state index contributed by atoms with van der Waals surface area (Å²) < 4.78 is 0. The van der Waals surface area contributed by atoms with Crippen LogP contribution in [-0.4, -0.2) is 53.7 Å². The van der Waals surface area contributed by atoms with Gasteiger partial charge >= 0.3 is 11.7 Å². The molecule has 1 aromatic carbocycles. The van der Waals surface area contributed by atoms with E-state index in [0.29, 0.717) is 0 Å². The summed E-state index contributed by atoms with van der Waals surface area (Å²) in [5, 5.41) is 39.5. The van der Waals surface area contributed by atoms with Crippen LogP contribution in [0.4, 0.5) is 5.69 Å². The van der Waals surface area contributed by atoms with E-state index in [-0.39, 0.29) is 16.9 Å². The number of aliphatic carboxylic acids is 1. The molecule has 2 heterocycles. The molecule has 1 unspecified atom stereocenters. The smallest absolute Gasteiger partial charge is 0.352 e. The summed E-state index contributed by atoms with van der Waals surface area (Å²) in [5.74, 6) is -3.68. The Morgan fingerprint density at radius 3 is 2.68 bits per heavy atom. The second-order valence-electron chi connectivity index (χ2n) is 5.84. The first-order chi connectivity index (χ1) is 11.6. The molecule has 0 spiro atoms. The third-order valence-corrected chi connectivity index (χ3v) is 5.65. The van der Waals surface area contributed by atoms with Crippen molar-refractivity contribution in [3.8, 4) is 11.5 Å². The van der Waals surface area contributed by atoms with Crippen molar-refractivity contribution < 1.29 is 29.8 Å². The first-order valence-electron chi connectivity index (χ1n) is 6.99. The maximum atomic E-state index is 12.2. The molecule has 1 amide bonds. The average molecular weight is 367 g/mol. The second-order valence-corrected chi connectivity index (χ2v) is 6.91. The largest absolute Gasteiger partial charge is 0.504 e. The lowest BCUT2D eigenvalue weighted by molar-refractivity contribution is -0.386. The summed E-state index contributed by atoms with van der Waals surface area (Å²) >= 11 is 1.17. The Bertz CT molecular complexity index is 864. The number of aromatic hydroxyl groups is 2. The van der Waals surface area contributed by atoms with Crippen molar-refractivity contribution in [1.82, 2.24) is 4.90 Å². The lowest BCUT2D eigenvalue weighted by Crippen LogP contribution is -2.76. The van der Waals surface area contributed by atoms with Gasteiger partial charge in [-0.2, -0.15) is 0 Å². The molecule has 2 aliphatic heterocycles. The van der Waals surface area contributed by atoms with Gasteiger partial charge in [0.25, 0.3) is 5.91 Å². The van der Waals surface area contributed by atoms with Gasteiger partial charge in [0.05, 0.1) is 10.5 Å². The van der Waals surface area contributed by atoms with E-state index in [1.165, 1.54) is 18.7 Å². The SMILES string of the molecule is CC1(N)C(=O)N2C(C(=O)O)=C(c3ccc(O)c(O)c3[N+](=O)[O-])CS[C@H]21. The van der Waals surface area contributed by atoms with Crippen LogP contribution in [0.3, 0.4) is 0 Å². The maximum Gasteiger partial charge on any atom is 0.352 e. The van der Waals surface area contributed by atoms with Gasteiger partial charge < -0.3 is 21.1 Å². The number of hydrogen-bond donors (Lipinski definition) is 4. The van der Waals surface area contributed by atoms with E-state index in [1.54, 1.807) is 0 Å². The monoisotopic (exact) mass is 367 g/mol. The number of nitro groups is 1. The lowest BCUT2D eigenvalue weighted by Gasteiger charge is -2.54. The van der Waals surface area contributed by atoms with Crippen LogP contribution in [-0.2, 0) is 9.59 Å². The molecule has 0 bridgehead atoms. The molecule has 5 N–H and O–H groups in total. The number of amides is 1. The van der Waals surface area contributed by atoms with E-state index in [1.807, 2.05) is 0 Å². The number of carbonyl (C=O) groups is 2. The molecule has 2 aliphatic rings. The highest BCUT2D eigenvalue weighted by molar-refractivity contribution is 8.00. The van der Waals surface area contributed by atoms with Gasteiger partial charge in [0.15, 0.2) is 5.75 Å². The highest BCUT2D eigenvalue weighted by Gasteiger charge is 2.60. The predicted molar refractivity (Wildman–Crippen MR) is 86.7 cm³/mol. The average Bonchev–Trinajstić information content (AvgIpc) is 2.54. The zero-order chi connectivity index (χ0) is 18.7. The Hall–Kier alpha value is -2.79. The number of carboxylic acids is 1. The molecular formula is C14H13N3O7S. The topological polar surface area (TPSA) is 167 Å². The summed E-state index contributed by atoms with van der Waals surface area (Å²) in [6.45, 7) is 1.49. The second kappa shape index (κ2) is 5.36. The number of hydrogen-bond acceptors (Lipinski definition) is 8. The van der Waals surface area contributed by atoms with E-state index < -0.39 is 50.6 Å². The van der Waals surface area contributed by atoms with E-state index in [2.05, 4.69) is 0 Å². The number of rotatable bonds is 3. The van der Waals surface area contributed by atoms with Gasteiger partial charge in [-0.15, -0.1) is 11.8 Å². The van der Waals surface area contributed by atoms with Crippen molar-refractivity contribution in [1.29, 1.82) is 0 Å². The van der Waals surface area contributed by atoms with Crippen LogP contribution in [0.15, 0.2) is 17.8 Å². The minimum absolute atomic E-state index is 0.000370. The molecule has 25 heavy (non-hydrogen) atoms. The number of carboxylic acid groups (broad SMARTS) is 1. The molecule has 0 aliphatic carbocycles. The molecule has 0 aromatic heterocycles. The van der Waals surface area contributed by atoms with Crippen LogP contribution in [0, 0.1) is 10.1 Å². The molecule has 1 aromatic rings. The Labute approximate surface area is 144 Å². The van der Waals surface area contributed by atoms with Crippen LogP contribution in [0.25, 0.3) is 5.57 Å². The minimum Gasteiger partial charge on any atom is -0.504 e. The van der Waals surface area contributed by atoms with Gasteiger partial charge in [0, 0.05) is 11.3 Å². The zero-order valence-corrected chi connectivity index (χ0v) is 13.6. The number of phenols is 2.